The second-order valence-electron chi connectivity index (χ2n) is 5.52. The lowest BCUT2D eigenvalue weighted by Crippen LogP contribution is -2.32. The van der Waals surface area contributed by atoms with E-state index in [1.54, 1.807) is 20.8 Å². The molecular weight excluding hydrogens is 277 g/mol. The zero-order valence-electron chi connectivity index (χ0n) is 12.7. The Hall–Kier alpha value is -2.11. The lowest BCUT2D eigenvalue weighted by Gasteiger charge is -2.20. The summed E-state index contributed by atoms with van der Waals surface area (Å²) in [7, 11) is 1.26. The lowest BCUT2D eigenvalue weighted by atomic mass is 10.0. The first-order valence-corrected chi connectivity index (χ1v) is 6.52. The Bertz CT molecular complexity index is 523. The summed E-state index contributed by atoms with van der Waals surface area (Å²) in [5.41, 5.74) is 0.507. The average molecular weight is 297 g/mol. The van der Waals surface area contributed by atoms with Gasteiger partial charge < -0.3 is 14.8 Å². The van der Waals surface area contributed by atoms with Crippen LogP contribution >= 0.6 is 0 Å². The number of esters is 1. The highest BCUT2D eigenvalue weighted by Crippen LogP contribution is 2.13. The van der Waals surface area contributed by atoms with Crippen LogP contribution < -0.4 is 5.32 Å². The number of halogens is 1. The first-order valence-electron chi connectivity index (χ1n) is 6.52. The molecule has 0 aromatic heterocycles. The van der Waals surface area contributed by atoms with E-state index in [0.29, 0.717) is 11.1 Å². The average Bonchev–Trinajstić information content (AvgIpc) is 2.35. The van der Waals surface area contributed by atoms with Gasteiger partial charge in [-0.15, -0.1) is 0 Å². The molecule has 0 spiro atoms. The van der Waals surface area contributed by atoms with Gasteiger partial charge in [0, 0.05) is 6.54 Å². The number of rotatable bonds is 4. The van der Waals surface area contributed by atoms with Gasteiger partial charge in [0.15, 0.2) is 0 Å². The summed E-state index contributed by atoms with van der Waals surface area (Å²) in [4.78, 5) is 22.9. The van der Waals surface area contributed by atoms with Crippen molar-refractivity contribution in [1.82, 2.24) is 5.32 Å². The van der Waals surface area contributed by atoms with E-state index < -0.39 is 23.5 Å². The van der Waals surface area contributed by atoms with Crippen LogP contribution in [0.4, 0.5) is 9.18 Å². The van der Waals surface area contributed by atoms with Gasteiger partial charge in [0.05, 0.1) is 13.5 Å². The molecule has 0 saturated heterocycles. The summed E-state index contributed by atoms with van der Waals surface area (Å²) in [6.07, 6.45) is -0.629. The molecule has 0 bridgehead atoms. The summed E-state index contributed by atoms with van der Waals surface area (Å²) in [5, 5.41) is 2.57. The van der Waals surface area contributed by atoms with Gasteiger partial charge in [-0.2, -0.15) is 0 Å². The SMILES string of the molecule is COC(=O)Cc1cc(F)ccc1CNC(=O)OC(C)(C)C. The minimum Gasteiger partial charge on any atom is -0.469 e. The number of carbonyl (C=O) groups is 2. The van der Waals surface area contributed by atoms with Crippen molar-refractivity contribution in [2.75, 3.05) is 7.11 Å². The van der Waals surface area contributed by atoms with Gasteiger partial charge in [-0.05, 0) is 44.0 Å². The van der Waals surface area contributed by atoms with E-state index in [0.717, 1.165) is 0 Å². The van der Waals surface area contributed by atoms with E-state index in [1.807, 2.05) is 0 Å². The fraction of sp³-hybridized carbons (Fsp3) is 0.467. The Balaban J connectivity index is 2.74. The third kappa shape index (κ3) is 6.25. The summed E-state index contributed by atoms with van der Waals surface area (Å²) in [6, 6.07) is 4.04. The maximum absolute atomic E-state index is 13.3. The van der Waals surface area contributed by atoms with Gasteiger partial charge >= 0.3 is 12.1 Å². The Morgan fingerprint density at radius 3 is 2.48 bits per heavy atom. The first kappa shape index (κ1) is 16.9. The van der Waals surface area contributed by atoms with Crippen LogP contribution in [0, 0.1) is 5.82 Å². The maximum atomic E-state index is 13.3. The van der Waals surface area contributed by atoms with Crippen molar-refractivity contribution in [3.8, 4) is 0 Å². The monoisotopic (exact) mass is 297 g/mol. The third-order valence-electron chi connectivity index (χ3n) is 2.55. The fourth-order valence-corrected chi connectivity index (χ4v) is 1.64. The number of hydrogen-bond acceptors (Lipinski definition) is 4. The summed E-state index contributed by atoms with van der Waals surface area (Å²) >= 11 is 0. The molecule has 1 N–H and O–H groups in total. The lowest BCUT2D eigenvalue weighted by molar-refractivity contribution is -0.139. The topological polar surface area (TPSA) is 64.6 Å². The standard InChI is InChI=1S/C15H20FNO4/c1-15(2,3)21-14(19)17-9-10-5-6-12(16)7-11(10)8-13(18)20-4/h5-7H,8-9H2,1-4H3,(H,17,19). The van der Waals surface area contributed by atoms with Gasteiger partial charge in [-0.1, -0.05) is 6.07 Å². The van der Waals surface area contributed by atoms with Crippen LogP contribution in [-0.4, -0.2) is 24.8 Å². The molecule has 6 heteroatoms. The molecule has 1 rings (SSSR count). The molecule has 0 heterocycles. The molecular formula is C15H20FNO4. The van der Waals surface area contributed by atoms with Crippen LogP contribution in [0.1, 0.15) is 31.9 Å². The Morgan fingerprint density at radius 1 is 1.24 bits per heavy atom. The van der Waals surface area contributed by atoms with Crippen molar-refractivity contribution < 1.29 is 23.5 Å². The van der Waals surface area contributed by atoms with Crippen molar-refractivity contribution in [2.24, 2.45) is 0 Å². The molecule has 5 nitrogen and oxygen atoms in total. The van der Waals surface area contributed by atoms with Gasteiger partial charge in [0.2, 0.25) is 0 Å². The molecule has 0 fully saturated rings. The highest BCUT2D eigenvalue weighted by atomic mass is 19.1. The van der Waals surface area contributed by atoms with Crippen molar-refractivity contribution >= 4 is 12.1 Å². The van der Waals surface area contributed by atoms with E-state index in [1.165, 1.54) is 25.3 Å². The molecule has 0 radical (unpaired) electrons. The molecule has 0 saturated carbocycles. The number of alkyl carbamates (subject to hydrolysis) is 1. The molecule has 1 aromatic carbocycles. The largest absolute Gasteiger partial charge is 0.469 e. The number of nitrogens with one attached hydrogen (secondary N) is 1. The minimum atomic E-state index is -0.596. The van der Waals surface area contributed by atoms with E-state index in [4.69, 9.17) is 4.74 Å². The smallest absolute Gasteiger partial charge is 0.407 e. The molecule has 1 amide bonds. The molecule has 0 atom stereocenters. The van der Waals surface area contributed by atoms with Crippen molar-refractivity contribution in [3.63, 3.8) is 0 Å². The zero-order valence-corrected chi connectivity index (χ0v) is 12.7. The van der Waals surface area contributed by atoms with Crippen LogP contribution in [0.2, 0.25) is 0 Å². The minimum absolute atomic E-state index is 0.0560. The summed E-state index contributed by atoms with van der Waals surface area (Å²) in [5.74, 6) is -0.922. The zero-order chi connectivity index (χ0) is 16.0. The van der Waals surface area contributed by atoms with E-state index in [2.05, 4.69) is 10.1 Å². The van der Waals surface area contributed by atoms with E-state index >= 15 is 0 Å². The number of carbonyl (C=O) groups excluding carboxylic acids is 2. The Morgan fingerprint density at radius 2 is 1.90 bits per heavy atom. The molecule has 0 unspecified atom stereocenters. The fourth-order valence-electron chi connectivity index (χ4n) is 1.64. The Kier molecular flexibility index (Phi) is 5.69. The molecule has 1 aromatic rings. The van der Waals surface area contributed by atoms with E-state index in [9.17, 15) is 14.0 Å². The molecule has 0 aliphatic carbocycles. The van der Waals surface area contributed by atoms with Gasteiger partial charge in [-0.25, -0.2) is 9.18 Å². The van der Waals surface area contributed by atoms with Crippen LogP contribution in [0.15, 0.2) is 18.2 Å². The van der Waals surface area contributed by atoms with Crippen LogP contribution in [0.5, 0.6) is 0 Å². The normalized spacial score (nSPS) is 10.9. The third-order valence-corrected chi connectivity index (χ3v) is 2.55. The molecule has 0 aliphatic rings. The van der Waals surface area contributed by atoms with Crippen molar-refractivity contribution in [3.05, 3.63) is 35.1 Å². The van der Waals surface area contributed by atoms with Crippen LogP contribution in [-0.2, 0) is 27.2 Å². The van der Waals surface area contributed by atoms with Crippen molar-refractivity contribution in [2.45, 2.75) is 39.3 Å². The van der Waals surface area contributed by atoms with Gasteiger partial charge in [-0.3, -0.25) is 4.79 Å². The number of hydrogen-bond donors (Lipinski definition) is 1. The van der Waals surface area contributed by atoms with Crippen LogP contribution in [0.25, 0.3) is 0 Å². The second kappa shape index (κ2) is 7.06. The molecule has 21 heavy (non-hydrogen) atoms. The number of ether oxygens (including phenoxy) is 2. The summed E-state index contributed by atoms with van der Waals surface area (Å²) < 4.78 is 22.9. The Labute approximate surface area is 123 Å². The number of amides is 1. The second-order valence-corrected chi connectivity index (χ2v) is 5.52. The first-order chi connectivity index (χ1) is 9.71. The number of methoxy groups -OCH3 is 1. The molecule has 116 valence electrons. The predicted molar refractivity (Wildman–Crippen MR) is 75.2 cm³/mol. The van der Waals surface area contributed by atoms with Crippen molar-refractivity contribution in [1.29, 1.82) is 0 Å². The highest BCUT2D eigenvalue weighted by Gasteiger charge is 2.16. The van der Waals surface area contributed by atoms with Gasteiger partial charge in [0.1, 0.15) is 11.4 Å². The van der Waals surface area contributed by atoms with Crippen LogP contribution in [0.3, 0.4) is 0 Å². The highest BCUT2D eigenvalue weighted by molar-refractivity contribution is 5.73. The maximum Gasteiger partial charge on any atom is 0.407 e. The molecule has 0 aliphatic heterocycles. The van der Waals surface area contributed by atoms with E-state index in [-0.39, 0.29) is 13.0 Å². The van der Waals surface area contributed by atoms with Gasteiger partial charge in [0.25, 0.3) is 0 Å². The quantitative estimate of drug-likeness (QED) is 0.868. The number of benzene rings is 1. The summed E-state index contributed by atoms with van der Waals surface area (Å²) in [6.45, 7) is 5.41. The predicted octanol–water partition coefficient (Wildman–Crippen LogP) is 2.57.